The first kappa shape index (κ1) is 20.5. The van der Waals surface area contributed by atoms with E-state index < -0.39 is 0 Å². The van der Waals surface area contributed by atoms with E-state index in [2.05, 4.69) is 26.1 Å². The van der Waals surface area contributed by atoms with Gasteiger partial charge in [-0.05, 0) is 53.8 Å². The normalized spacial score (nSPS) is 11.0. The molecule has 0 aliphatic carbocycles. The number of carbonyl (C=O) groups is 2. The maximum atomic E-state index is 12.1. The van der Waals surface area contributed by atoms with Crippen LogP contribution >= 0.6 is 0 Å². The molecule has 2 amide bonds. The van der Waals surface area contributed by atoms with Crippen LogP contribution < -0.4 is 15.0 Å². The third kappa shape index (κ3) is 5.58. The molecule has 2 rings (SSSR count). The van der Waals surface area contributed by atoms with Gasteiger partial charge in [-0.25, -0.2) is 0 Å². The summed E-state index contributed by atoms with van der Waals surface area (Å²) in [7, 11) is 1.71. The summed E-state index contributed by atoms with van der Waals surface area (Å²) in [6.45, 7) is 8.01. The standard InChI is InChI=1S/C22H28N2O3/c1-6-22(3,4)17-7-13-20(14-8-17)27-15-21(26)23-18-9-11-19(12-10-18)24(5)16(2)25/h7-14H,6,15H2,1-5H3,(H,23,26). The molecule has 0 fully saturated rings. The average molecular weight is 368 g/mol. The number of carbonyl (C=O) groups excluding carboxylic acids is 2. The maximum Gasteiger partial charge on any atom is 0.262 e. The number of hydrogen-bond acceptors (Lipinski definition) is 3. The van der Waals surface area contributed by atoms with Crippen LogP contribution in [0.3, 0.4) is 0 Å². The summed E-state index contributed by atoms with van der Waals surface area (Å²) in [5.41, 5.74) is 2.80. The number of nitrogens with zero attached hydrogens (tertiary/aromatic N) is 1. The molecule has 5 nitrogen and oxygen atoms in total. The third-order valence-electron chi connectivity index (χ3n) is 4.90. The lowest BCUT2D eigenvalue weighted by Crippen LogP contribution is -2.23. The minimum absolute atomic E-state index is 0.0477. The summed E-state index contributed by atoms with van der Waals surface area (Å²) in [6.07, 6.45) is 1.05. The van der Waals surface area contributed by atoms with Crippen molar-refractivity contribution in [2.75, 3.05) is 23.9 Å². The molecule has 2 aromatic carbocycles. The molecule has 144 valence electrons. The van der Waals surface area contributed by atoms with Gasteiger partial charge in [0.05, 0.1) is 0 Å². The van der Waals surface area contributed by atoms with E-state index in [0.29, 0.717) is 11.4 Å². The summed E-state index contributed by atoms with van der Waals surface area (Å²) >= 11 is 0. The highest BCUT2D eigenvalue weighted by atomic mass is 16.5. The Kier molecular flexibility index (Phi) is 6.61. The van der Waals surface area contributed by atoms with Gasteiger partial charge in [-0.2, -0.15) is 0 Å². The second-order valence-corrected chi connectivity index (χ2v) is 7.22. The lowest BCUT2D eigenvalue weighted by molar-refractivity contribution is -0.118. The van der Waals surface area contributed by atoms with Crippen molar-refractivity contribution in [2.24, 2.45) is 0 Å². The van der Waals surface area contributed by atoms with Gasteiger partial charge >= 0.3 is 0 Å². The molecule has 0 heterocycles. The molecule has 0 unspecified atom stereocenters. The van der Waals surface area contributed by atoms with E-state index in [1.165, 1.54) is 17.4 Å². The van der Waals surface area contributed by atoms with E-state index in [1.54, 1.807) is 31.3 Å². The fraction of sp³-hybridized carbons (Fsp3) is 0.364. The highest BCUT2D eigenvalue weighted by Gasteiger charge is 2.17. The molecule has 2 aromatic rings. The van der Waals surface area contributed by atoms with Crippen molar-refractivity contribution in [3.8, 4) is 5.75 Å². The Hall–Kier alpha value is -2.82. The Labute approximate surface area is 161 Å². The molecule has 0 saturated heterocycles. The van der Waals surface area contributed by atoms with Crippen LogP contribution in [-0.4, -0.2) is 25.5 Å². The Morgan fingerprint density at radius 3 is 2.15 bits per heavy atom. The van der Waals surface area contributed by atoms with Gasteiger partial charge in [-0.15, -0.1) is 0 Å². The molecule has 1 N–H and O–H groups in total. The smallest absolute Gasteiger partial charge is 0.262 e. The Morgan fingerprint density at radius 1 is 1.04 bits per heavy atom. The first-order valence-electron chi connectivity index (χ1n) is 9.10. The van der Waals surface area contributed by atoms with E-state index >= 15 is 0 Å². The molecule has 0 saturated carbocycles. The van der Waals surface area contributed by atoms with E-state index in [9.17, 15) is 9.59 Å². The molecule has 0 bridgehead atoms. The van der Waals surface area contributed by atoms with Crippen LogP contribution in [0, 0.1) is 0 Å². The van der Waals surface area contributed by atoms with Crippen molar-refractivity contribution >= 4 is 23.2 Å². The number of rotatable bonds is 7. The first-order chi connectivity index (χ1) is 12.7. The molecule has 0 aliphatic rings. The predicted molar refractivity (Wildman–Crippen MR) is 109 cm³/mol. The Balaban J connectivity index is 1.88. The quantitative estimate of drug-likeness (QED) is 0.789. The SMILES string of the molecule is CCC(C)(C)c1ccc(OCC(=O)Nc2ccc(N(C)C(C)=O)cc2)cc1. The van der Waals surface area contributed by atoms with Crippen molar-refractivity contribution in [1.29, 1.82) is 0 Å². The Morgan fingerprint density at radius 2 is 1.63 bits per heavy atom. The van der Waals surface area contributed by atoms with Gasteiger partial charge in [0.2, 0.25) is 5.91 Å². The van der Waals surface area contributed by atoms with Crippen LogP contribution in [0.4, 0.5) is 11.4 Å². The summed E-state index contributed by atoms with van der Waals surface area (Å²) in [5.74, 6) is 0.383. The number of hydrogen-bond donors (Lipinski definition) is 1. The van der Waals surface area contributed by atoms with Gasteiger partial charge < -0.3 is 15.0 Å². The van der Waals surface area contributed by atoms with Gasteiger partial charge in [0.25, 0.3) is 5.91 Å². The van der Waals surface area contributed by atoms with E-state index in [0.717, 1.165) is 12.1 Å². The zero-order valence-corrected chi connectivity index (χ0v) is 16.7. The molecule has 27 heavy (non-hydrogen) atoms. The lowest BCUT2D eigenvalue weighted by Gasteiger charge is -2.23. The van der Waals surface area contributed by atoms with Gasteiger partial charge in [-0.1, -0.05) is 32.9 Å². The molecule has 0 atom stereocenters. The minimum atomic E-state index is -0.236. The van der Waals surface area contributed by atoms with Crippen LogP contribution in [0.15, 0.2) is 48.5 Å². The summed E-state index contributed by atoms with van der Waals surface area (Å²) < 4.78 is 5.57. The van der Waals surface area contributed by atoms with Crippen LogP contribution in [0.25, 0.3) is 0 Å². The molecular formula is C22H28N2O3. The zero-order valence-electron chi connectivity index (χ0n) is 16.7. The first-order valence-corrected chi connectivity index (χ1v) is 9.10. The Bertz CT molecular complexity index is 780. The molecule has 5 heteroatoms. The number of benzene rings is 2. The molecule has 0 aliphatic heterocycles. The summed E-state index contributed by atoms with van der Waals surface area (Å²) in [6, 6.07) is 15.0. The van der Waals surface area contributed by atoms with Crippen molar-refractivity contribution < 1.29 is 14.3 Å². The van der Waals surface area contributed by atoms with Gasteiger partial charge in [0.15, 0.2) is 6.61 Å². The molecule has 0 spiro atoms. The maximum absolute atomic E-state index is 12.1. The van der Waals surface area contributed by atoms with Crippen molar-refractivity contribution in [1.82, 2.24) is 0 Å². The number of anilines is 2. The highest BCUT2D eigenvalue weighted by Crippen LogP contribution is 2.28. The number of amides is 2. The summed E-state index contributed by atoms with van der Waals surface area (Å²) in [5, 5.41) is 2.78. The second kappa shape index (κ2) is 8.71. The molecule has 0 radical (unpaired) electrons. The van der Waals surface area contributed by atoms with Gasteiger partial charge in [0.1, 0.15) is 5.75 Å². The van der Waals surface area contributed by atoms with Crippen LogP contribution in [-0.2, 0) is 15.0 Å². The fourth-order valence-corrected chi connectivity index (χ4v) is 2.50. The number of nitrogens with one attached hydrogen (secondary N) is 1. The van der Waals surface area contributed by atoms with Crippen molar-refractivity contribution in [2.45, 2.75) is 39.5 Å². The minimum Gasteiger partial charge on any atom is -0.484 e. The monoisotopic (exact) mass is 368 g/mol. The largest absolute Gasteiger partial charge is 0.484 e. The van der Waals surface area contributed by atoms with Crippen LogP contribution in [0.2, 0.25) is 0 Å². The topological polar surface area (TPSA) is 58.6 Å². The van der Waals surface area contributed by atoms with E-state index in [-0.39, 0.29) is 23.8 Å². The highest BCUT2D eigenvalue weighted by molar-refractivity contribution is 5.93. The predicted octanol–water partition coefficient (Wildman–Crippen LogP) is 4.37. The zero-order chi connectivity index (χ0) is 20.0. The summed E-state index contributed by atoms with van der Waals surface area (Å²) in [4.78, 5) is 25.0. The third-order valence-corrected chi connectivity index (χ3v) is 4.90. The average Bonchev–Trinajstić information content (AvgIpc) is 2.66. The molecular weight excluding hydrogens is 340 g/mol. The fourth-order valence-electron chi connectivity index (χ4n) is 2.50. The van der Waals surface area contributed by atoms with Crippen molar-refractivity contribution in [3.63, 3.8) is 0 Å². The number of ether oxygens (including phenoxy) is 1. The van der Waals surface area contributed by atoms with Crippen LogP contribution in [0.1, 0.15) is 39.7 Å². The van der Waals surface area contributed by atoms with Gasteiger partial charge in [-0.3, -0.25) is 9.59 Å². The van der Waals surface area contributed by atoms with Gasteiger partial charge in [0, 0.05) is 25.3 Å². The van der Waals surface area contributed by atoms with E-state index in [1.807, 2.05) is 24.3 Å². The molecule has 0 aromatic heterocycles. The second-order valence-electron chi connectivity index (χ2n) is 7.22. The van der Waals surface area contributed by atoms with Crippen LogP contribution in [0.5, 0.6) is 5.75 Å². The van der Waals surface area contributed by atoms with Crippen molar-refractivity contribution in [3.05, 3.63) is 54.1 Å². The van der Waals surface area contributed by atoms with E-state index in [4.69, 9.17) is 4.74 Å². The lowest BCUT2D eigenvalue weighted by atomic mass is 9.82.